The van der Waals surface area contributed by atoms with E-state index in [2.05, 4.69) is 20.2 Å². The van der Waals surface area contributed by atoms with Gasteiger partial charge in [-0.15, -0.1) is 0 Å². The van der Waals surface area contributed by atoms with Gasteiger partial charge in [-0.25, -0.2) is 9.97 Å². The highest BCUT2D eigenvalue weighted by Gasteiger charge is 2.28. The predicted molar refractivity (Wildman–Crippen MR) is 112 cm³/mol. The normalized spacial score (nSPS) is 16.8. The number of benzene rings is 1. The second-order valence-corrected chi connectivity index (χ2v) is 7.39. The van der Waals surface area contributed by atoms with E-state index in [0.717, 1.165) is 53.4 Å². The zero-order chi connectivity index (χ0) is 20.4. The van der Waals surface area contributed by atoms with Gasteiger partial charge in [0.1, 0.15) is 23.7 Å². The van der Waals surface area contributed by atoms with Crippen LogP contribution in [-0.4, -0.2) is 35.6 Å². The number of nitrogens with zero attached hydrogens (tertiary/aromatic N) is 3. The minimum absolute atomic E-state index is 0.0317. The number of furan rings is 1. The van der Waals surface area contributed by atoms with Gasteiger partial charge in [-0.1, -0.05) is 0 Å². The molecule has 1 aromatic carbocycles. The van der Waals surface area contributed by atoms with Gasteiger partial charge in [-0.3, -0.25) is 4.79 Å². The molecule has 1 amide bonds. The van der Waals surface area contributed by atoms with Gasteiger partial charge in [0.05, 0.1) is 17.9 Å². The number of carbonyl (C=O) groups excluding carboxylic acids is 1. The third-order valence-electron chi connectivity index (χ3n) is 5.47. The Hall–Kier alpha value is -3.09. The molecule has 1 fully saturated rings. The largest absolute Gasteiger partial charge is 0.494 e. The highest BCUT2D eigenvalue weighted by molar-refractivity contribution is 5.94. The maximum absolute atomic E-state index is 12.9. The van der Waals surface area contributed by atoms with Crippen LogP contribution in [-0.2, 0) is 4.79 Å². The number of amides is 1. The molecule has 1 aliphatic heterocycles. The Morgan fingerprint density at radius 3 is 2.83 bits per heavy atom. The van der Waals surface area contributed by atoms with Crippen molar-refractivity contribution in [3.8, 4) is 5.75 Å². The summed E-state index contributed by atoms with van der Waals surface area (Å²) < 4.78 is 11.2. The third kappa shape index (κ3) is 3.90. The van der Waals surface area contributed by atoms with Crippen molar-refractivity contribution >= 4 is 28.5 Å². The van der Waals surface area contributed by atoms with Gasteiger partial charge in [0.2, 0.25) is 11.6 Å². The van der Waals surface area contributed by atoms with Crippen LogP contribution in [0.4, 0.5) is 11.5 Å². The van der Waals surface area contributed by atoms with Gasteiger partial charge >= 0.3 is 0 Å². The summed E-state index contributed by atoms with van der Waals surface area (Å²) in [6.45, 7) is 8.01. The average molecular weight is 394 g/mol. The van der Waals surface area contributed by atoms with E-state index in [0.29, 0.717) is 18.9 Å². The lowest BCUT2D eigenvalue weighted by Crippen LogP contribution is -2.41. The Morgan fingerprint density at radius 1 is 1.28 bits per heavy atom. The molecule has 7 nitrogen and oxygen atoms in total. The van der Waals surface area contributed by atoms with Gasteiger partial charge in [-0.05, 0) is 57.9 Å². The lowest BCUT2D eigenvalue weighted by atomic mass is 9.96. The zero-order valence-corrected chi connectivity index (χ0v) is 17.1. The van der Waals surface area contributed by atoms with Crippen LogP contribution in [0.5, 0.6) is 5.75 Å². The van der Waals surface area contributed by atoms with Gasteiger partial charge in [0.25, 0.3) is 0 Å². The van der Waals surface area contributed by atoms with Crippen LogP contribution in [0.25, 0.3) is 11.1 Å². The van der Waals surface area contributed by atoms with E-state index < -0.39 is 0 Å². The minimum atomic E-state index is -0.103. The van der Waals surface area contributed by atoms with E-state index in [1.807, 2.05) is 45.0 Å². The molecule has 29 heavy (non-hydrogen) atoms. The quantitative estimate of drug-likeness (QED) is 0.702. The summed E-state index contributed by atoms with van der Waals surface area (Å²) in [4.78, 5) is 23.8. The van der Waals surface area contributed by atoms with Crippen LogP contribution >= 0.6 is 0 Å². The van der Waals surface area contributed by atoms with Crippen LogP contribution in [0.3, 0.4) is 0 Å². The van der Waals surface area contributed by atoms with Gasteiger partial charge in [0.15, 0.2) is 0 Å². The lowest BCUT2D eigenvalue weighted by Gasteiger charge is -2.33. The molecule has 0 bridgehead atoms. The number of piperidine rings is 1. The van der Waals surface area contributed by atoms with E-state index in [1.54, 1.807) is 0 Å². The van der Waals surface area contributed by atoms with Crippen LogP contribution in [0.1, 0.15) is 31.1 Å². The first-order valence-electron chi connectivity index (χ1n) is 10.1. The molecule has 1 saturated heterocycles. The summed E-state index contributed by atoms with van der Waals surface area (Å²) in [5.41, 5.74) is 2.43. The third-order valence-corrected chi connectivity index (χ3v) is 5.47. The van der Waals surface area contributed by atoms with Crippen molar-refractivity contribution in [2.75, 3.05) is 29.9 Å². The molecule has 4 rings (SSSR count). The zero-order valence-electron chi connectivity index (χ0n) is 17.1. The van der Waals surface area contributed by atoms with E-state index in [1.165, 1.54) is 6.33 Å². The topological polar surface area (TPSA) is 80.5 Å². The fraction of sp³-hybridized carbons (Fsp3) is 0.409. The molecule has 2 aromatic heterocycles. The fourth-order valence-electron chi connectivity index (χ4n) is 3.83. The second kappa shape index (κ2) is 8.11. The number of fused-ring (bicyclic) bond motifs is 1. The van der Waals surface area contributed by atoms with Crippen LogP contribution in [0.15, 0.2) is 35.0 Å². The average Bonchev–Trinajstić information content (AvgIpc) is 3.03. The molecule has 7 heteroatoms. The second-order valence-electron chi connectivity index (χ2n) is 7.39. The summed E-state index contributed by atoms with van der Waals surface area (Å²) in [6, 6.07) is 7.48. The summed E-state index contributed by atoms with van der Waals surface area (Å²) in [6.07, 6.45) is 3.32. The van der Waals surface area contributed by atoms with Crippen molar-refractivity contribution in [1.29, 1.82) is 0 Å². The smallest absolute Gasteiger partial charge is 0.231 e. The highest BCUT2D eigenvalue weighted by Crippen LogP contribution is 2.32. The number of nitrogens with one attached hydrogen (secondary N) is 1. The van der Waals surface area contributed by atoms with E-state index in [4.69, 9.17) is 9.15 Å². The van der Waals surface area contributed by atoms with Crippen molar-refractivity contribution in [3.63, 3.8) is 0 Å². The first kappa shape index (κ1) is 19.2. The molecule has 152 valence electrons. The molecule has 1 unspecified atom stereocenters. The molecular weight excluding hydrogens is 368 g/mol. The SMILES string of the molecule is CCOc1ccc(NC(=O)C2CCCN(c3ncnc4oc(C)c(C)c34)C2)cc1. The Bertz CT molecular complexity index is 1010. The summed E-state index contributed by atoms with van der Waals surface area (Å²) in [5.74, 6) is 2.43. The summed E-state index contributed by atoms with van der Waals surface area (Å²) >= 11 is 0. The first-order chi connectivity index (χ1) is 14.1. The molecule has 1 N–H and O–H groups in total. The fourth-order valence-corrected chi connectivity index (χ4v) is 3.83. The van der Waals surface area contributed by atoms with Crippen LogP contribution < -0.4 is 15.0 Å². The van der Waals surface area contributed by atoms with E-state index in [9.17, 15) is 4.79 Å². The van der Waals surface area contributed by atoms with Crippen molar-refractivity contribution in [2.24, 2.45) is 5.92 Å². The van der Waals surface area contributed by atoms with E-state index >= 15 is 0 Å². The molecule has 0 radical (unpaired) electrons. The van der Waals surface area contributed by atoms with E-state index in [-0.39, 0.29) is 11.8 Å². The minimum Gasteiger partial charge on any atom is -0.494 e. The Labute approximate surface area is 170 Å². The number of aryl methyl sites for hydroxylation is 2. The van der Waals surface area contributed by atoms with Crippen LogP contribution in [0, 0.1) is 19.8 Å². The standard InChI is InChI=1S/C22H26N4O3/c1-4-28-18-9-7-17(8-10-18)25-21(27)16-6-5-11-26(12-16)20-19-14(2)15(3)29-22(19)24-13-23-20/h7-10,13,16H,4-6,11-12H2,1-3H3,(H,25,27). The van der Waals surface area contributed by atoms with Crippen molar-refractivity contribution in [2.45, 2.75) is 33.6 Å². The molecule has 1 atom stereocenters. The van der Waals surface area contributed by atoms with Crippen molar-refractivity contribution in [1.82, 2.24) is 9.97 Å². The van der Waals surface area contributed by atoms with Gasteiger partial charge in [-0.2, -0.15) is 0 Å². The number of rotatable bonds is 5. The Balaban J connectivity index is 1.49. The Kier molecular flexibility index (Phi) is 5.38. The molecule has 0 saturated carbocycles. The maximum Gasteiger partial charge on any atom is 0.231 e. The maximum atomic E-state index is 12.9. The van der Waals surface area contributed by atoms with Gasteiger partial charge < -0.3 is 19.4 Å². The molecule has 0 aliphatic carbocycles. The predicted octanol–water partition coefficient (Wildman–Crippen LogP) is 4.09. The molecular formula is C22H26N4O3. The highest BCUT2D eigenvalue weighted by atomic mass is 16.5. The first-order valence-corrected chi connectivity index (χ1v) is 10.1. The van der Waals surface area contributed by atoms with Gasteiger partial charge in [0, 0.05) is 24.3 Å². The number of ether oxygens (including phenoxy) is 1. The summed E-state index contributed by atoms with van der Waals surface area (Å²) in [5, 5.41) is 3.98. The lowest BCUT2D eigenvalue weighted by molar-refractivity contribution is -0.120. The number of aromatic nitrogens is 2. The van der Waals surface area contributed by atoms with Crippen molar-refractivity contribution < 1.29 is 13.9 Å². The molecule has 3 aromatic rings. The monoisotopic (exact) mass is 394 g/mol. The van der Waals surface area contributed by atoms with Crippen molar-refractivity contribution in [3.05, 3.63) is 41.9 Å². The Morgan fingerprint density at radius 2 is 2.07 bits per heavy atom. The summed E-state index contributed by atoms with van der Waals surface area (Å²) in [7, 11) is 0. The number of anilines is 2. The van der Waals surface area contributed by atoms with Crippen LogP contribution in [0.2, 0.25) is 0 Å². The molecule has 0 spiro atoms. The number of carbonyl (C=O) groups is 1. The molecule has 1 aliphatic rings. The number of hydrogen-bond acceptors (Lipinski definition) is 6. The molecule has 3 heterocycles. The number of hydrogen-bond donors (Lipinski definition) is 1.